The highest BCUT2D eigenvalue weighted by molar-refractivity contribution is 8.05. The molecule has 2 nitrogen and oxygen atoms in total. The minimum absolute atomic E-state index is 1.06. The van der Waals surface area contributed by atoms with Crippen LogP contribution >= 0.6 is 23.7 Å². The minimum atomic E-state index is 1.06. The molecule has 11 heavy (non-hydrogen) atoms. The highest BCUT2D eigenvalue weighted by Crippen LogP contribution is 2.15. The van der Waals surface area contributed by atoms with Crippen LogP contribution < -0.4 is 10.5 Å². The lowest BCUT2D eigenvalue weighted by molar-refractivity contribution is 1.10. The van der Waals surface area contributed by atoms with Gasteiger partial charge in [0.15, 0.2) is 0 Å². The predicted molar refractivity (Wildman–Crippen MR) is 55.9 cm³/mol. The van der Waals surface area contributed by atoms with Crippen molar-refractivity contribution in [2.75, 3.05) is 5.75 Å². The van der Waals surface area contributed by atoms with Crippen molar-refractivity contribution in [2.45, 2.75) is 13.3 Å². The molecule has 0 aromatic rings. The largest absolute Gasteiger partial charge is 0.357 e. The van der Waals surface area contributed by atoms with Crippen LogP contribution in [-0.4, -0.2) is 5.75 Å². The smallest absolute Gasteiger partial charge is 0.0798 e. The summed E-state index contributed by atoms with van der Waals surface area (Å²) in [6, 6.07) is 0. The third kappa shape index (κ3) is 6.34. The molecule has 0 aliphatic heterocycles. The predicted octanol–water partition coefficient (Wildman–Crippen LogP) is 2.27. The Morgan fingerprint density at radius 2 is 2.45 bits per heavy atom. The first-order valence-corrected chi connectivity index (χ1v) is 5.34. The van der Waals surface area contributed by atoms with Crippen LogP contribution in [0, 0.1) is 0 Å². The summed E-state index contributed by atoms with van der Waals surface area (Å²) in [7, 11) is 0. The van der Waals surface area contributed by atoms with Crippen molar-refractivity contribution >= 4 is 23.7 Å². The van der Waals surface area contributed by atoms with Crippen molar-refractivity contribution in [3.8, 4) is 0 Å². The summed E-state index contributed by atoms with van der Waals surface area (Å²) in [5.41, 5.74) is 0. The number of rotatable bonds is 6. The zero-order valence-corrected chi connectivity index (χ0v) is 8.30. The van der Waals surface area contributed by atoms with Gasteiger partial charge in [-0.05, 0) is 18.4 Å². The zero-order valence-electron chi connectivity index (χ0n) is 6.67. The van der Waals surface area contributed by atoms with Crippen LogP contribution in [0.15, 0.2) is 23.2 Å². The summed E-state index contributed by atoms with van der Waals surface area (Å²) < 4.78 is 0. The second kappa shape index (κ2) is 8.04. The quantitative estimate of drug-likeness (QED) is 0.630. The van der Waals surface area contributed by atoms with Crippen LogP contribution in [0.5, 0.6) is 0 Å². The molecule has 3 N–H and O–H groups in total. The van der Waals surface area contributed by atoms with Crippen molar-refractivity contribution < 1.29 is 0 Å². The molecule has 0 amide bonds. The van der Waals surface area contributed by atoms with Gasteiger partial charge in [0.2, 0.25) is 0 Å². The normalized spacial score (nSPS) is 11.3. The first kappa shape index (κ1) is 10.9. The minimum Gasteiger partial charge on any atom is -0.357 e. The van der Waals surface area contributed by atoms with Crippen molar-refractivity contribution in [2.24, 2.45) is 5.14 Å². The standard InChI is InChI=1S/C7H14N2S2/c1-3-5-10-7(6-11-8)9-4-2/h4,6,9H,2-3,5,8H2,1H3. The topological polar surface area (TPSA) is 38.0 Å². The zero-order chi connectivity index (χ0) is 8.53. The van der Waals surface area contributed by atoms with Gasteiger partial charge in [-0.25, -0.2) is 0 Å². The van der Waals surface area contributed by atoms with E-state index in [4.69, 9.17) is 5.14 Å². The molecule has 4 heteroatoms. The van der Waals surface area contributed by atoms with E-state index in [1.165, 1.54) is 11.9 Å². The van der Waals surface area contributed by atoms with E-state index in [1.807, 2.05) is 5.41 Å². The van der Waals surface area contributed by atoms with Crippen molar-refractivity contribution in [1.29, 1.82) is 0 Å². The maximum atomic E-state index is 5.28. The van der Waals surface area contributed by atoms with Gasteiger partial charge in [-0.2, -0.15) is 0 Å². The van der Waals surface area contributed by atoms with Gasteiger partial charge in [-0.3, -0.25) is 5.14 Å². The van der Waals surface area contributed by atoms with Gasteiger partial charge in [0.05, 0.1) is 5.03 Å². The molecular weight excluding hydrogens is 176 g/mol. The van der Waals surface area contributed by atoms with Crippen molar-refractivity contribution in [3.05, 3.63) is 23.2 Å². The van der Waals surface area contributed by atoms with Gasteiger partial charge in [-0.15, -0.1) is 11.8 Å². The summed E-state index contributed by atoms with van der Waals surface area (Å²) in [5.74, 6) is 1.10. The second-order valence-electron chi connectivity index (χ2n) is 1.82. The molecule has 0 spiro atoms. The van der Waals surface area contributed by atoms with Crippen molar-refractivity contribution in [1.82, 2.24) is 5.32 Å². The lowest BCUT2D eigenvalue weighted by Crippen LogP contribution is -2.00. The Hall–Kier alpha value is -0.0600. The molecule has 0 aromatic heterocycles. The average Bonchev–Trinajstić information content (AvgIpc) is 2.01. The molecule has 0 aliphatic rings. The molecule has 0 bridgehead atoms. The lowest BCUT2D eigenvalue weighted by Gasteiger charge is -2.03. The number of nitrogens with one attached hydrogen (secondary N) is 1. The monoisotopic (exact) mass is 190 g/mol. The van der Waals surface area contributed by atoms with Gasteiger partial charge in [0.25, 0.3) is 0 Å². The van der Waals surface area contributed by atoms with Gasteiger partial charge in [-0.1, -0.05) is 25.5 Å². The molecule has 0 fully saturated rings. The SMILES string of the molecule is C=CNC(=CSN)SCCC. The maximum absolute atomic E-state index is 5.28. The second-order valence-corrected chi connectivity index (χ2v) is 3.46. The third-order valence-corrected chi connectivity index (χ3v) is 2.56. The summed E-state index contributed by atoms with van der Waals surface area (Å²) in [6.07, 6.45) is 2.82. The molecular formula is C7H14N2S2. The van der Waals surface area contributed by atoms with E-state index in [-0.39, 0.29) is 0 Å². The Morgan fingerprint density at radius 3 is 2.91 bits per heavy atom. The van der Waals surface area contributed by atoms with Crippen LogP contribution in [-0.2, 0) is 0 Å². The Labute approximate surface area is 76.8 Å². The van der Waals surface area contributed by atoms with Crippen LogP contribution in [0.1, 0.15) is 13.3 Å². The molecule has 0 saturated heterocycles. The molecule has 0 unspecified atom stereocenters. The Morgan fingerprint density at radius 1 is 1.73 bits per heavy atom. The molecule has 0 heterocycles. The van der Waals surface area contributed by atoms with E-state index in [2.05, 4.69) is 18.8 Å². The summed E-state index contributed by atoms with van der Waals surface area (Å²) >= 11 is 2.96. The lowest BCUT2D eigenvalue weighted by atomic mass is 10.6. The number of nitrogens with two attached hydrogens (primary N) is 1. The Balaban J connectivity index is 3.68. The van der Waals surface area contributed by atoms with E-state index < -0.39 is 0 Å². The van der Waals surface area contributed by atoms with Gasteiger partial charge in [0.1, 0.15) is 0 Å². The molecule has 64 valence electrons. The van der Waals surface area contributed by atoms with E-state index in [1.54, 1.807) is 18.0 Å². The van der Waals surface area contributed by atoms with Crippen LogP contribution in [0.4, 0.5) is 0 Å². The number of hydrogen-bond donors (Lipinski definition) is 2. The summed E-state index contributed by atoms with van der Waals surface area (Å²) in [6.45, 7) is 5.72. The first-order chi connectivity index (χ1) is 5.35. The van der Waals surface area contributed by atoms with Crippen LogP contribution in [0.3, 0.4) is 0 Å². The van der Waals surface area contributed by atoms with Crippen molar-refractivity contribution in [3.63, 3.8) is 0 Å². The van der Waals surface area contributed by atoms with E-state index in [0.29, 0.717) is 0 Å². The fourth-order valence-electron chi connectivity index (χ4n) is 0.484. The molecule has 0 aliphatic carbocycles. The third-order valence-electron chi connectivity index (χ3n) is 0.881. The number of hydrogen-bond acceptors (Lipinski definition) is 4. The van der Waals surface area contributed by atoms with E-state index >= 15 is 0 Å². The maximum Gasteiger partial charge on any atom is 0.0798 e. The van der Waals surface area contributed by atoms with Gasteiger partial charge < -0.3 is 5.32 Å². The van der Waals surface area contributed by atoms with Gasteiger partial charge >= 0.3 is 0 Å². The molecule has 0 saturated carbocycles. The van der Waals surface area contributed by atoms with Gasteiger partial charge in [0, 0.05) is 5.41 Å². The fourth-order valence-corrected chi connectivity index (χ4v) is 1.71. The molecule has 0 rings (SSSR count). The molecule has 0 radical (unpaired) electrons. The Kier molecular flexibility index (Phi) is 8.00. The number of thioether (sulfide) groups is 1. The highest BCUT2D eigenvalue weighted by atomic mass is 32.2. The summed E-state index contributed by atoms with van der Waals surface area (Å²) in [4.78, 5) is 0. The molecule has 0 atom stereocenters. The fraction of sp³-hybridized carbons (Fsp3) is 0.429. The first-order valence-electron chi connectivity index (χ1n) is 3.41. The van der Waals surface area contributed by atoms with E-state index in [9.17, 15) is 0 Å². The summed E-state index contributed by atoms with van der Waals surface area (Å²) in [5, 5.41) is 11.2. The average molecular weight is 190 g/mol. The van der Waals surface area contributed by atoms with Crippen LogP contribution in [0.25, 0.3) is 0 Å². The van der Waals surface area contributed by atoms with Crippen LogP contribution in [0.2, 0.25) is 0 Å². The molecule has 0 aromatic carbocycles. The Bertz CT molecular complexity index is 134. The highest BCUT2D eigenvalue weighted by Gasteiger charge is 1.92. The van der Waals surface area contributed by atoms with E-state index in [0.717, 1.165) is 17.2 Å².